The lowest BCUT2D eigenvalue weighted by atomic mass is 10.1. The van der Waals surface area contributed by atoms with Crippen molar-refractivity contribution in [3.63, 3.8) is 0 Å². The van der Waals surface area contributed by atoms with Crippen LogP contribution in [0.15, 0.2) is 18.2 Å². The molecule has 1 heterocycles. The number of halogens is 2. The molecule has 0 spiro atoms. The summed E-state index contributed by atoms with van der Waals surface area (Å²) in [6, 6.07) is 6.17. The fraction of sp³-hybridized carbons (Fsp3) is 0.500. The van der Waals surface area contributed by atoms with E-state index >= 15 is 0 Å². The van der Waals surface area contributed by atoms with Crippen LogP contribution in [0, 0.1) is 5.92 Å². The summed E-state index contributed by atoms with van der Waals surface area (Å²) < 4.78 is 0. The minimum absolute atomic E-state index is 0.321. The number of rotatable bonds is 1. The van der Waals surface area contributed by atoms with E-state index in [4.69, 9.17) is 23.2 Å². The van der Waals surface area contributed by atoms with Crippen LogP contribution in [0.4, 0.5) is 0 Å². The zero-order valence-corrected chi connectivity index (χ0v) is 11.5. The van der Waals surface area contributed by atoms with Crippen molar-refractivity contribution in [2.45, 2.75) is 13.0 Å². The Labute approximate surface area is 111 Å². The lowest BCUT2D eigenvalue weighted by molar-refractivity contribution is 0.518. The van der Waals surface area contributed by atoms with E-state index < -0.39 is 0 Å². The Balaban J connectivity index is 2.20. The second-order valence-corrected chi connectivity index (χ2v) is 6.11. The van der Waals surface area contributed by atoms with Gasteiger partial charge in [-0.15, -0.1) is 0 Å². The molecule has 1 fully saturated rings. The molecular formula is C12H15Cl2NS. The molecule has 1 N–H and O–H groups in total. The Morgan fingerprint density at radius 1 is 1.31 bits per heavy atom. The second-order valence-electron chi connectivity index (χ2n) is 4.25. The van der Waals surface area contributed by atoms with Crippen molar-refractivity contribution in [2.75, 3.05) is 18.1 Å². The van der Waals surface area contributed by atoms with Gasteiger partial charge in [0.1, 0.15) is 0 Å². The van der Waals surface area contributed by atoms with E-state index in [0.717, 1.165) is 17.9 Å². The Kier molecular flexibility index (Phi) is 4.42. The highest BCUT2D eigenvalue weighted by Crippen LogP contribution is 2.32. The fourth-order valence-corrected chi connectivity index (χ4v) is 3.47. The van der Waals surface area contributed by atoms with Crippen molar-refractivity contribution in [2.24, 2.45) is 5.92 Å². The van der Waals surface area contributed by atoms with Gasteiger partial charge in [0.15, 0.2) is 0 Å². The molecule has 0 aliphatic carbocycles. The first-order chi connectivity index (χ1) is 7.68. The molecule has 0 radical (unpaired) electrons. The second kappa shape index (κ2) is 5.63. The van der Waals surface area contributed by atoms with Gasteiger partial charge in [0, 0.05) is 11.8 Å². The SMILES string of the molecule is CC1CNC(c2cccc(Cl)c2Cl)CSC1. The summed E-state index contributed by atoms with van der Waals surface area (Å²) in [7, 11) is 0. The van der Waals surface area contributed by atoms with Crippen molar-refractivity contribution in [1.82, 2.24) is 5.32 Å². The van der Waals surface area contributed by atoms with Crippen molar-refractivity contribution in [1.29, 1.82) is 0 Å². The molecule has 88 valence electrons. The molecule has 1 aromatic rings. The molecule has 2 unspecified atom stereocenters. The van der Waals surface area contributed by atoms with E-state index in [-0.39, 0.29) is 0 Å². The van der Waals surface area contributed by atoms with Crippen LogP contribution in [-0.2, 0) is 0 Å². The lowest BCUT2D eigenvalue weighted by Crippen LogP contribution is -2.25. The Morgan fingerprint density at radius 3 is 2.94 bits per heavy atom. The molecule has 1 nitrogen and oxygen atoms in total. The summed E-state index contributed by atoms with van der Waals surface area (Å²) in [5.74, 6) is 2.99. The van der Waals surface area contributed by atoms with E-state index in [2.05, 4.69) is 18.3 Å². The third-order valence-electron chi connectivity index (χ3n) is 2.76. The Hall–Kier alpha value is 0.110. The monoisotopic (exact) mass is 275 g/mol. The third kappa shape index (κ3) is 2.86. The number of benzene rings is 1. The van der Waals surface area contributed by atoms with Gasteiger partial charge in [-0.25, -0.2) is 0 Å². The van der Waals surface area contributed by atoms with E-state index in [1.54, 1.807) is 0 Å². The zero-order valence-electron chi connectivity index (χ0n) is 9.17. The molecule has 16 heavy (non-hydrogen) atoms. The molecule has 0 saturated carbocycles. The molecule has 2 rings (SSSR count). The topological polar surface area (TPSA) is 12.0 Å². The summed E-state index contributed by atoms with van der Waals surface area (Å²) in [4.78, 5) is 0. The largest absolute Gasteiger partial charge is 0.309 e. The van der Waals surface area contributed by atoms with Gasteiger partial charge in [0.25, 0.3) is 0 Å². The molecule has 2 atom stereocenters. The van der Waals surface area contributed by atoms with Gasteiger partial charge in [0.05, 0.1) is 10.0 Å². The number of thioether (sulfide) groups is 1. The lowest BCUT2D eigenvalue weighted by Gasteiger charge is -2.18. The van der Waals surface area contributed by atoms with Gasteiger partial charge in [-0.3, -0.25) is 0 Å². The molecule has 0 bridgehead atoms. The zero-order chi connectivity index (χ0) is 11.5. The summed E-state index contributed by atoms with van der Waals surface area (Å²) in [5, 5.41) is 4.89. The number of nitrogens with one attached hydrogen (secondary N) is 1. The van der Waals surface area contributed by atoms with Crippen LogP contribution in [0.5, 0.6) is 0 Å². The number of hydrogen-bond acceptors (Lipinski definition) is 2. The molecule has 0 amide bonds. The summed E-state index contributed by atoms with van der Waals surface area (Å²) in [5.41, 5.74) is 1.12. The standard InChI is InChI=1S/C12H15Cl2NS/c1-8-5-15-11(7-16-6-8)9-3-2-4-10(13)12(9)14/h2-4,8,11,15H,5-7H2,1H3. The minimum Gasteiger partial charge on any atom is -0.309 e. The maximum absolute atomic E-state index is 6.24. The van der Waals surface area contributed by atoms with Crippen molar-refractivity contribution >= 4 is 35.0 Å². The highest BCUT2D eigenvalue weighted by Gasteiger charge is 2.20. The van der Waals surface area contributed by atoms with Gasteiger partial charge in [-0.05, 0) is 29.8 Å². The fourth-order valence-electron chi connectivity index (χ4n) is 1.84. The van der Waals surface area contributed by atoms with E-state index in [0.29, 0.717) is 22.0 Å². The summed E-state index contributed by atoms with van der Waals surface area (Å²) in [6.07, 6.45) is 0. The predicted molar refractivity (Wildman–Crippen MR) is 73.7 cm³/mol. The van der Waals surface area contributed by atoms with Crippen LogP contribution in [0.3, 0.4) is 0 Å². The van der Waals surface area contributed by atoms with Crippen LogP contribution in [-0.4, -0.2) is 18.1 Å². The molecule has 1 aliphatic rings. The molecule has 0 aromatic heterocycles. The first-order valence-electron chi connectivity index (χ1n) is 5.43. The van der Waals surface area contributed by atoms with Gasteiger partial charge in [-0.2, -0.15) is 11.8 Å². The molecular weight excluding hydrogens is 261 g/mol. The predicted octanol–water partition coefficient (Wildman–Crippen LogP) is 4.01. The average molecular weight is 276 g/mol. The van der Waals surface area contributed by atoms with Crippen LogP contribution < -0.4 is 5.32 Å². The maximum Gasteiger partial charge on any atom is 0.0640 e. The van der Waals surface area contributed by atoms with Crippen molar-refractivity contribution in [3.8, 4) is 0 Å². The Bertz CT molecular complexity index is 370. The van der Waals surface area contributed by atoms with Crippen LogP contribution in [0.25, 0.3) is 0 Å². The number of hydrogen-bond donors (Lipinski definition) is 1. The molecule has 4 heteroatoms. The normalized spacial score (nSPS) is 26.4. The van der Waals surface area contributed by atoms with Gasteiger partial charge < -0.3 is 5.32 Å². The van der Waals surface area contributed by atoms with E-state index in [1.165, 1.54) is 5.75 Å². The van der Waals surface area contributed by atoms with Gasteiger partial charge in [-0.1, -0.05) is 42.3 Å². The third-order valence-corrected chi connectivity index (χ3v) is 4.96. The van der Waals surface area contributed by atoms with Gasteiger partial charge in [0.2, 0.25) is 0 Å². The van der Waals surface area contributed by atoms with Crippen LogP contribution in [0.1, 0.15) is 18.5 Å². The first-order valence-corrected chi connectivity index (χ1v) is 7.34. The van der Waals surface area contributed by atoms with Crippen LogP contribution in [0.2, 0.25) is 10.0 Å². The summed E-state index contributed by atoms with van der Waals surface area (Å²) in [6.45, 7) is 3.31. The highest BCUT2D eigenvalue weighted by molar-refractivity contribution is 7.99. The minimum atomic E-state index is 0.321. The summed E-state index contributed by atoms with van der Waals surface area (Å²) >= 11 is 14.2. The Morgan fingerprint density at radius 2 is 2.12 bits per heavy atom. The van der Waals surface area contributed by atoms with Gasteiger partial charge >= 0.3 is 0 Å². The van der Waals surface area contributed by atoms with Crippen molar-refractivity contribution in [3.05, 3.63) is 33.8 Å². The van der Waals surface area contributed by atoms with E-state index in [9.17, 15) is 0 Å². The van der Waals surface area contributed by atoms with Crippen LogP contribution >= 0.6 is 35.0 Å². The molecule has 1 aromatic carbocycles. The maximum atomic E-state index is 6.24. The average Bonchev–Trinajstić information content (AvgIpc) is 2.47. The first kappa shape index (κ1) is 12.6. The highest BCUT2D eigenvalue weighted by atomic mass is 35.5. The van der Waals surface area contributed by atoms with E-state index in [1.807, 2.05) is 23.9 Å². The molecule has 1 saturated heterocycles. The van der Waals surface area contributed by atoms with Crippen molar-refractivity contribution < 1.29 is 0 Å². The molecule has 1 aliphatic heterocycles. The quantitative estimate of drug-likeness (QED) is 0.831. The smallest absolute Gasteiger partial charge is 0.0640 e.